The molecule has 5 heteroatoms. The maximum atomic E-state index is 11.8. The monoisotopic (exact) mass is 288 g/mol. The lowest BCUT2D eigenvalue weighted by molar-refractivity contribution is -0.121. The predicted octanol–water partition coefficient (Wildman–Crippen LogP) is 2.16. The Kier molecular flexibility index (Phi) is 5.93. The first kappa shape index (κ1) is 15.3. The van der Waals surface area contributed by atoms with Crippen molar-refractivity contribution < 1.29 is 4.79 Å². The molecule has 2 rings (SSSR count). The number of amides is 1. The number of nitrogens with one attached hydrogen (secondary N) is 1. The Morgan fingerprint density at radius 3 is 2.67 bits per heavy atom. The summed E-state index contributed by atoms with van der Waals surface area (Å²) in [6, 6.07) is 7.54. The molecule has 18 heavy (non-hydrogen) atoms. The van der Waals surface area contributed by atoms with Crippen molar-refractivity contribution in [3.8, 4) is 0 Å². The second kappa shape index (κ2) is 6.98. The average Bonchev–Trinajstić information content (AvgIpc) is 3.13. The van der Waals surface area contributed by atoms with Crippen LogP contribution in [0.1, 0.15) is 18.4 Å². The van der Waals surface area contributed by atoms with E-state index in [1.165, 1.54) is 12.8 Å². The number of nitrogens with two attached hydrogens (primary N) is 1. The van der Waals surface area contributed by atoms with E-state index in [0.717, 1.165) is 5.56 Å². The number of rotatable bonds is 5. The highest BCUT2D eigenvalue weighted by molar-refractivity contribution is 6.31. The van der Waals surface area contributed by atoms with Crippen molar-refractivity contribution in [3.63, 3.8) is 0 Å². The van der Waals surface area contributed by atoms with E-state index in [9.17, 15) is 4.79 Å². The van der Waals surface area contributed by atoms with Gasteiger partial charge in [-0.25, -0.2) is 0 Å². The number of carbonyl (C=O) groups excluding carboxylic acids is 1. The van der Waals surface area contributed by atoms with Gasteiger partial charge in [-0.15, -0.1) is 12.4 Å². The lowest BCUT2D eigenvalue weighted by atomic mass is 10.1. The third-order valence-electron chi connectivity index (χ3n) is 3.10. The highest BCUT2D eigenvalue weighted by Gasteiger charge is 2.31. The fraction of sp³-hybridized carbons (Fsp3) is 0.462. The Bertz CT molecular complexity index is 408. The zero-order valence-electron chi connectivity index (χ0n) is 10.1. The molecule has 1 amide bonds. The molecule has 0 aromatic heterocycles. The van der Waals surface area contributed by atoms with Gasteiger partial charge >= 0.3 is 0 Å². The van der Waals surface area contributed by atoms with Crippen LogP contribution in [0.4, 0.5) is 0 Å². The molecular formula is C13H18Cl2N2O. The van der Waals surface area contributed by atoms with Crippen LogP contribution in [0.3, 0.4) is 0 Å². The Morgan fingerprint density at radius 1 is 1.44 bits per heavy atom. The summed E-state index contributed by atoms with van der Waals surface area (Å²) in [6.45, 7) is 0.513. The summed E-state index contributed by atoms with van der Waals surface area (Å²) in [5.74, 6) is 0.579. The molecule has 3 N–H and O–H groups in total. The van der Waals surface area contributed by atoms with Gasteiger partial charge in [-0.2, -0.15) is 0 Å². The normalized spacial score (nSPS) is 15.7. The van der Waals surface area contributed by atoms with Crippen molar-refractivity contribution in [3.05, 3.63) is 34.9 Å². The first-order valence-corrected chi connectivity index (χ1v) is 6.31. The zero-order valence-corrected chi connectivity index (χ0v) is 11.6. The van der Waals surface area contributed by atoms with E-state index in [4.69, 9.17) is 17.3 Å². The molecule has 0 heterocycles. The van der Waals surface area contributed by atoms with Gasteiger partial charge in [0.2, 0.25) is 5.91 Å². The van der Waals surface area contributed by atoms with Crippen LogP contribution in [0.2, 0.25) is 5.02 Å². The van der Waals surface area contributed by atoms with Gasteiger partial charge in [-0.3, -0.25) is 4.79 Å². The Morgan fingerprint density at radius 2 is 2.11 bits per heavy atom. The average molecular weight is 289 g/mol. The largest absolute Gasteiger partial charge is 0.352 e. The Balaban J connectivity index is 0.00000162. The van der Waals surface area contributed by atoms with Crippen molar-refractivity contribution >= 4 is 29.9 Å². The van der Waals surface area contributed by atoms with Gasteiger partial charge < -0.3 is 11.1 Å². The molecule has 1 aromatic rings. The Hall–Kier alpha value is -0.770. The van der Waals surface area contributed by atoms with Crippen molar-refractivity contribution in [2.24, 2.45) is 11.7 Å². The number of benzene rings is 1. The molecule has 1 aromatic carbocycles. The Labute approximate surface area is 118 Å². The van der Waals surface area contributed by atoms with Gasteiger partial charge in [-0.1, -0.05) is 29.8 Å². The fourth-order valence-corrected chi connectivity index (χ4v) is 2.14. The summed E-state index contributed by atoms with van der Waals surface area (Å²) in [4.78, 5) is 11.8. The highest BCUT2D eigenvalue weighted by atomic mass is 35.5. The van der Waals surface area contributed by atoms with E-state index in [1.54, 1.807) is 6.07 Å². The fourth-order valence-electron chi connectivity index (χ4n) is 1.94. The lowest BCUT2D eigenvalue weighted by Gasteiger charge is -2.16. The van der Waals surface area contributed by atoms with Crippen LogP contribution in [0.25, 0.3) is 0 Å². The second-order valence-electron chi connectivity index (χ2n) is 4.52. The van der Waals surface area contributed by atoms with Crippen molar-refractivity contribution in [1.29, 1.82) is 0 Å². The molecule has 1 fully saturated rings. The van der Waals surface area contributed by atoms with Gasteiger partial charge in [0.15, 0.2) is 0 Å². The molecule has 1 atom stereocenters. The van der Waals surface area contributed by atoms with Crippen LogP contribution in [0, 0.1) is 5.92 Å². The number of hydrogen-bond donors (Lipinski definition) is 2. The molecule has 100 valence electrons. The topological polar surface area (TPSA) is 55.1 Å². The molecular weight excluding hydrogens is 271 g/mol. The quantitative estimate of drug-likeness (QED) is 0.872. The maximum absolute atomic E-state index is 11.8. The van der Waals surface area contributed by atoms with E-state index in [0.29, 0.717) is 23.9 Å². The van der Waals surface area contributed by atoms with Crippen LogP contribution in [0.15, 0.2) is 24.3 Å². The summed E-state index contributed by atoms with van der Waals surface area (Å²) in [7, 11) is 0. The summed E-state index contributed by atoms with van der Waals surface area (Å²) in [6.07, 6.45) is 2.67. The number of halogens is 2. The standard InChI is InChI=1S/C13H17ClN2O.ClH/c14-11-4-2-1-3-10(11)7-13(17)16-12(8-15)9-5-6-9;/h1-4,9,12H,5-8,15H2,(H,16,17);1H. The molecule has 0 saturated heterocycles. The predicted molar refractivity (Wildman–Crippen MR) is 76.1 cm³/mol. The first-order chi connectivity index (χ1) is 8.20. The van der Waals surface area contributed by atoms with Gasteiger partial charge in [0.1, 0.15) is 0 Å². The van der Waals surface area contributed by atoms with Crippen molar-refractivity contribution in [2.45, 2.75) is 25.3 Å². The third kappa shape index (κ3) is 4.16. The summed E-state index contributed by atoms with van der Waals surface area (Å²) in [5, 5.41) is 3.62. The van der Waals surface area contributed by atoms with Crippen LogP contribution in [-0.2, 0) is 11.2 Å². The minimum atomic E-state index is 0. The molecule has 1 unspecified atom stereocenters. The van der Waals surface area contributed by atoms with E-state index in [2.05, 4.69) is 5.32 Å². The molecule has 1 aliphatic rings. The molecule has 0 aliphatic heterocycles. The highest BCUT2D eigenvalue weighted by Crippen LogP contribution is 2.32. The molecule has 0 radical (unpaired) electrons. The summed E-state index contributed by atoms with van der Waals surface area (Å²) >= 11 is 6.01. The smallest absolute Gasteiger partial charge is 0.224 e. The molecule has 0 bridgehead atoms. The molecule has 3 nitrogen and oxygen atoms in total. The van der Waals surface area contributed by atoms with Crippen LogP contribution in [-0.4, -0.2) is 18.5 Å². The summed E-state index contributed by atoms with van der Waals surface area (Å²) in [5.41, 5.74) is 6.50. The summed E-state index contributed by atoms with van der Waals surface area (Å²) < 4.78 is 0. The van der Waals surface area contributed by atoms with Gasteiger partial charge in [-0.05, 0) is 30.4 Å². The van der Waals surface area contributed by atoms with E-state index < -0.39 is 0 Å². The minimum absolute atomic E-state index is 0. The minimum Gasteiger partial charge on any atom is -0.352 e. The maximum Gasteiger partial charge on any atom is 0.224 e. The van der Waals surface area contributed by atoms with Gasteiger partial charge in [0, 0.05) is 17.6 Å². The second-order valence-corrected chi connectivity index (χ2v) is 4.92. The van der Waals surface area contributed by atoms with Crippen LogP contribution in [0.5, 0.6) is 0 Å². The number of carbonyl (C=O) groups is 1. The van der Waals surface area contributed by atoms with Gasteiger partial charge in [0.25, 0.3) is 0 Å². The SMILES string of the molecule is Cl.NCC(NC(=O)Cc1ccccc1Cl)C1CC1. The zero-order chi connectivity index (χ0) is 12.3. The lowest BCUT2D eigenvalue weighted by Crippen LogP contribution is -2.42. The van der Waals surface area contributed by atoms with E-state index in [1.807, 2.05) is 18.2 Å². The molecule has 1 aliphatic carbocycles. The van der Waals surface area contributed by atoms with E-state index in [-0.39, 0.29) is 24.4 Å². The number of hydrogen-bond acceptors (Lipinski definition) is 2. The van der Waals surface area contributed by atoms with E-state index >= 15 is 0 Å². The van der Waals surface area contributed by atoms with Crippen molar-refractivity contribution in [1.82, 2.24) is 5.32 Å². The van der Waals surface area contributed by atoms with Crippen LogP contribution < -0.4 is 11.1 Å². The molecule has 1 saturated carbocycles. The molecule has 0 spiro atoms. The van der Waals surface area contributed by atoms with Gasteiger partial charge in [0.05, 0.1) is 6.42 Å². The van der Waals surface area contributed by atoms with Crippen molar-refractivity contribution in [2.75, 3.05) is 6.54 Å². The third-order valence-corrected chi connectivity index (χ3v) is 3.47. The van der Waals surface area contributed by atoms with Crippen LogP contribution >= 0.6 is 24.0 Å². The first-order valence-electron chi connectivity index (χ1n) is 5.93.